The Morgan fingerprint density at radius 2 is 1.96 bits per heavy atom. The van der Waals surface area contributed by atoms with E-state index in [1.165, 1.54) is 37.4 Å². The summed E-state index contributed by atoms with van der Waals surface area (Å²) in [6, 6.07) is 5.22. The van der Waals surface area contributed by atoms with Gasteiger partial charge >= 0.3 is 12.5 Å². The van der Waals surface area contributed by atoms with Crippen molar-refractivity contribution in [1.82, 2.24) is 9.55 Å². The third-order valence-corrected chi connectivity index (χ3v) is 4.87. The molecule has 0 N–H and O–H groups in total. The normalized spacial score (nSPS) is 11.7. The number of sulfone groups is 1. The lowest BCUT2D eigenvalue weighted by molar-refractivity contribution is 0.0376. The standard InChI is InChI=1S/C14H14F2N2O4S/c1-2-23(20,21)11-5-3-10(4-6-11)13(19)22-9-12-17-7-8-18(12)14(15)16/h3-8,14H,2,9H2,1H3. The zero-order valence-corrected chi connectivity index (χ0v) is 13.0. The van der Waals surface area contributed by atoms with Crippen molar-refractivity contribution < 1.29 is 26.7 Å². The molecule has 1 heterocycles. The quantitative estimate of drug-likeness (QED) is 0.752. The summed E-state index contributed by atoms with van der Waals surface area (Å²) in [5.41, 5.74) is 0.121. The van der Waals surface area contributed by atoms with Crippen molar-refractivity contribution >= 4 is 15.8 Å². The molecule has 124 valence electrons. The van der Waals surface area contributed by atoms with E-state index in [4.69, 9.17) is 4.74 Å². The number of rotatable bonds is 6. The molecule has 0 radical (unpaired) electrons. The average Bonchev–Trinajstić information content (AvgIpc) is 3.01. The topological polar surface area (TPSA) is 78.3 Å². The number of nitrogens with zero attached hydrogens (tertiary/aromatic N) is 2. The summed E-state index contributed by atoms with van der Waals surface area (Å²) in [4.78, 5) is 15.6. The number of aromatic nitrogens is 2. The Labute approximate surface area is 131 Å². The first kappa shape index (κ1) is 17.1. The number of hydrogen-bond acceptors (Lipinski definition) is 5. The fourth-order valence-corrected chi connectivity index (χ4v) is 2.70. The molecule has 6 nitrogen and oxygen atoms in total. The van der Waals surface area contributed by atoms with Crippen LogP contribution in [0.4, 0.5) is 8.78 Å². The molecule has 0 atom stereocenters. The highest BCUT2D eigenvalue weighted by atomic mass is 32.2. The van der Waals surface area contributed by atoms with Crippen LogP contribution in [0.15, 0.2) is 41.6 Å². The van der Waals surface area contributed by atoms with E-state index < -0.39 is 29.0 Å². The lowest BCUT2D eigenvalue weighted by Gasteiger charge is -2.08. The second kappa shape index (κ2) is 6.86. The third kappa shape index (κ3) is 3.92. The highest BCUT2D eigenvalue weighted by Crippen LogP contribution is 2.15. The molecule has 0 unspecified atom stereocenters. The largest absolute Gasteiger partial charge is 0.454 e. The first-order chi connectivity index (χ1) is 10.8. The van der Waals surface area contributed by atoms with Gasteiger partial charge in [-0.15, -0.1) is 0 Å². The van der Waals surface area contributed by atoms with Gasteiger partial charge in [-0.05, 0) is 24.3 Å². The van der Waals surface area contributed by atoms with Crippen molar-refractivity contribution in [1.29, 1.82) is 0 Å². The molecule has 0 aliphatic carbocycles. The predicted molar refractivity (Wildman–Crippen MR) is 76.8 cm³/mol. The van der Waals surface area contributed by atoms with Gasteiger partial charge in [-0.25, -0.2) is 18.2 Å². The molecule has 0 fully saturated rings. The number of hydrogen-bond donors (Lipinski definition) is 0. The van der Waals surface area contributed by atoms with Gasteiger partial charge in [-0.2, -0.15) is 8.78 Å². The minimum absolute atomic E-state index is 0.0485. The number of carbonyl (C=O) groups excluding carboxylic acids is 1. The lowest BCUT2D eigenvalue weighted by atomic mass is 10.2. The molecule has 0 saturated carbocycles. The van der Waals surface area contributed by atoms with E-state index in [2.05, 4.69) is 4.98 Å². The van der Waals surface area contributed by atoms with E-state index in [0.717, 1.165) is 6.20 Å². The molecule has 1 aromatic carbocycles. The van der Waals surface area contributed by atoms with E-state index in [0.29, 0.717) is 4.57 Å². The van der Waals surface area contributed by atoms with Gasteiger partial charge in [0.2, 0.25) is 0 Å². The molecular formula is C14H14F2N2O4S. The zero-order chi connectivity index (χ0) is 17.0. The van der Waals surface area contributed by atoms with Crippen LogP contribution in [-0.4, -0.2) is 29.7 Å². The molecular weight excluding hydrogens is 330 g/mol. The maximum absolute atomic E-state index is 12.6. The average molecular weight is 344 g/mol. The Kier molecular flexibility index (Phi) is 5.09. The number of carbonyl (C=O) groups is 1. The molecule has 0 amide bonds. The van der Waals surface area contributed by atoms with Crippen molar-refractivity contribution in [2.45, 2.75) is 25.0 Å². The number of imidazole rings is 1. The molecule has 0 bridgehead atoms. The molecule has 0 saturated heterocycles. The van der Waals surface area contributed by atoms with Crippen LogP contribution in [0.5, 0.6) is 0 Å². The molecule has 1 aromatic heterocycles. The van der Waals surface area contributed by atoms with Gasteiger partial charge < -0.3 is 4.74 Å². The smallest absolute Gasteiger partial charge is 0.338 e. The van der Waals surface area contributed by atoms with Crippen LogP contribution in [0.3, 0.4) is 0 Å². The minimum Gasteiger partial charge on any atom is -0.454 e. The zero-order valence-electron chi connectivity index (χ0n) is 12.1. The Balaban J connectivity index is 2.05. The number of ether oxygens (including phenoxy) is 1. The summed E-state index contributed by atoms with van der Waals surface area (Å²) in [7, 11) is -3.35. The van der Waals surface area contributed by atoms with Gasteiger partial charge in [0.15, 0.2) is 15.7 Å². The Morgan fingerprint density at radius 1 is 1.30 bits per heavy atom. The van der Waals surface area contributed by atoms with Crippen molar-refractivity contribution in [2.75, 3.05) is 5.75 Å². The maximum atomic E-state index is 12.6. The van der Waals surface area contributed by atoms with Gasteiger partial charge in [0.25, 0.3) is 0 Å². The van der Waals surface area contributed by atoms with Crippen LogP contribution in [0.1, 0.15) is 29.7 Å². The SMILES string of the molecule is CCS(=O)(=O)c1ccc(C(=O)OCc2nccn2C(F)F)cc1. The fourth-order valence-electron chi connectivity index (χ4n) is 1.81. The number of halogens is 2. The fraction of sp³-hybridized carbons (Fsp3) is 0.286. The van der Waals surface area contributed by atoms with Gasteiger partial charge in [0.05, 0.1) is 16.2 Å². The lowest BCUT2D eigenvalue weighted by Crippen LogP contribution is -2.10. The molecule has 0 aliphatic heterocycles. The van der Waals surface area contributed by atoms with Crippen LogP contribution in [0, 0.1) is 0 Å². The summed E-state index contributed by atoms with van der Waals surface area (Å²) in [5.74, 6) is -0.889. The Morgan fingerprint density at radius 3 is 2.52 bits per heavy atom. The van der Waals surface area contributed by atoms with E-state index in [1.54, 1.807) is 0 Å². The molecule has 9 heteroatoms. The van der Waals surface area contributed by atoms with Crippen LogP contribution in [0.2, 0.25) is 0 Å². The number of alkyl halides is 2. The van der Waals surface area contributed by atoms with Crippen molar-refractivity contribution in [3.05, 3.63) is 48.0 Å². The summed E-state index contributed by atoms with van der Waals surface area (Å²) >= 11 is 0. The summed E-state index contributed by atoms with van der Waals surface area (Å²) in [6.45, 7) is -1.67. The summed E-state index contributed by atoms with van der Waals surface area (Å²) in [5, 5.41) is 0. The molecule has 2 aromatic rings. The molecule has 2 rings (SSSR count). The van der Waals surface area contributed by atoms with Crippen LogP contribution in [0.25, 0.3) is 0 Å². The van der Waals surface area contributed by atoms with Gasteiger partial charge in [0, 0.05) is 12.4 Å². The molecule has 23 heavy (non-hydrogen) atoms. The van der Waals surface area contributed by atoms with Crippen LogP contribution >= 0.6 is 0 Å². The van der Waals surface area contributed by atoms with E-state index in [1.807, 2.05) is 0 Å². The van der Waals surface area contributed by atoms with E-state index >= 15 is 0 Å². The first-order valence-electron chi connectivity index (χ1n) is 6.65. The second-order valence-electron chi connectivity index (χ2n) is 4.53. The molecule has 0 aliphatic rings. The third-order valence-electron chi connectivity index (χ3n) is 3.12. The number of esters is 1. The maximum Gasteiger partial charge on any atom is 0.338 e. The van der Waals surface area contributed by atoms with Gasteiger partial charge in [0.1, 0.15) is 6.61 Å². The van der Waals surface area contributed by atoms with E-state index in [-0.39, 0.29) is 22.0 Å². The van der Waals surface area contributed by atoms with Crippen LogP contribution < -0.4 is 0 Å². The number of benzene rings is 1. The minimum atomic E-state index is -3.35. The highest BCUT2D eigenvalue weighted by molar-refractivity contribution is 7.91. The molecule has 0 spiro atoms. The van der Waals surface area contributed by atoms with Gasteiger partial charge in [-0.1, -0.05) is 6.92 Å². The summed E-state index contributed by atoms with van der Waals surface area (Å²) < 4.78 is 54.1. The Hall–Kier alpha value is -2.29. The first-order valence-corrected chi connectivity index (χ1v) is 8.30. The highest BCUT2D eigenvalue weighted by Gasteiger charge is 2.16. The second-order valence-corrected chi connectivity index (χ2v) is 6.81. The van der Waals surface area contributed by atoms with Gasteiger partial charge in [-0.3, -0.25) is 4.57 Å². The van der Waals surface area contributed by atoms with Crippen molar-refractivity contribution in [3.63, 3.8) is 0 Å². The predicted octanol–water partition coefficient (Wildman–Crippen LogP) is 2.43. The van der Waals surface area contributed by atoms with Crippen LogP contribution in [-0.2, 0) is 21.2 Å². The van der Waals surface area contributed by atoms with Crippen molar-refractivity contribution in [2.24, 2.45) is 0 Å². The summed E-state index contributed by atoms with van der Waals surface area (Å²) in [6.07, 6.45) is 2.26. The van der Waals surface area contributed by atoms with E-state index in [9.17, 15) is 22.0 Å². The monoisotopic (exact) mass is 344 g/mol. The Bertz CT molecular complexity index is 785. The van der Waals surface area contributed by atoms with Crippen molar-refractivity contribution in [3.8, 4) is 0 Å².